The Bertz CT molecular complexity index is 607. The summed E-state index contributed by atoms with van der Waals surface area (Å²) in [5.74, 6) is -1.10. The Morgan fingerprint density at radius 1 is 1.19 bits per heavy atom. The summed E-state index contributed by atoms with van der Waals surface area (Å²) in [7, 11) is 0. The second-order valence-corrected chi connectivity index (χ2v) is 4.29. The maximum atomic E-state index is 12.1. The molecule has 0 aliphatic rings. The van der Waals surface area contributed by atoms with Gasteiger partial charge in [0.15, 0.2) is 0 Å². The van der Waals surface area contributed by atoms with Crippen molar-refractivity contribution in [3.8, 4) is 5.75 Å². The zero-order valence-corrected chi connectivity index (χ0v) is 11.0. The summed E-state index contributed by atoms with van der Waals surface area (Å²) in [6.45, 7) is -0.258. The van der Waals surface area contributed by atoms with Crippen LogP contribution in [-0.4, -0.2) is 28.8 Å². The van der Waals surface area contributed by atoms with Gasteiger partial charge in [-0.2, -0.15) is 0 Å². The fourth-order valence-corrected chi connectivity index (χ4v) is 1.71. The van der Waals surface area contributed by atoms with Crippen LogP contribution in [0.25, 0.3) is 0 Å². The van der Waals surface area contributed by atoms with E-state index < -0.39 is 18.5 Å². The molecule has 110 valence electrons. The van der Waals surface area contributed by atoms with Crippen molar-refractivity contribution in [2.24, 2.45) is 0 Å². The molecule has 7 nitrogen and oxygen atoms in total. The number of anilines is 1. The van der Waals surface area contributed by atoms with E-state index in [0.717, 1.165) is 10.5 Å². The first-order valence-electron chi connectivity index (χ1n) is 6.13. The molecule has 0 unspecified atom stereocenters. The monoisotopic (exact) mass is 290 g/mol. The summed E-state index contributed by atoms with van der Waals surface area (Å²) >= 11 is 0. The molecule has 0 fully saturated rings. The molecule has 2 aromatic rings. The van der Waals surface area contributed by atoms with E-state index in [0.29, 0.717) is 5.69 Å². The molecule has 2 amide bonds. The highest BCUT2D eigenvalue weighted by atomic mass is 16.4. The van der Waals surface area contributed by atoms with Crippen LogP contribution >= 0.6 is 0 Å². The van der Waals surface area contributed by atoms with Gasteiger partial charge in [-0.05, 0) is 30.3 Å². The number of hydrogen-bond donors (Lipinski definition) is 3. The van der Waals surface area contributed by atoms with E-state index in [2.05, 4.69) is 5.32 Å². The van der Waals surface area contributed by atoms with Crippen LogP contribution in [0, 0.1) is 0 Å². The zero-order valence-electron chi connectivity index (χ0n) is 11.0. The predicted molar refractivity (Wildman–Crippen MR) is 74.0 cm³/mol. The molecule has 0 aliphatic heterocycles. The molecule has 0 aliphatic carbocycles. The highest BCUT2D eigenvalue weighted by Crippen LogP contribution is 2.18. The third-order valence-corrected chi connectivity index (χ3v) is 2.72. The number of furan rings is 1. The van der Waals surface area contributed by atoms with Crippen molar-refractivity contribution in [2.45, 2.75) is 6.54 Å². The number of rotatable bonds is 5. The summed E-state index contributed by atoms with van der Waals surface area (Å²) in [4.78, 5) is 24.1. The summed E-state index contributed by atoms with van der Waals surface area (Å²) in [5, 5.41) is 20.8. The maximum Gasteiger partial charge on any atom is 0.323 e. The zero-order chi connectivity index (χ0) is 15.2. The molecular weight excluding hydrogens is 276 g/mol. The minimum atomic E-state index is -1.14. The molecule has 0 radical (unpaired) electrons. The average molecular weight is 290 g/mol. The number of phenolic OH excluding ortho intramolecular Hbond substituents is 1. The highest BCUT2D eigenvalue weighted by molar-refractivity contribution is 5.96. The molecule has 0 atom stereocenters. The van der Waals surface area contributed by atoms with E-state index in [1.54, 1.807) is 6.07 Å². The van der Waals surface area contributed by atoms with Crippen molar-refractivity contribution in [3.63, 3.8) is 0 Å². The number of carboxylic acids is 1. The van der Waals surface area contributed by atoms with Gasteiger partial charge in [-0.1, -0.05) is 0 Å². The second-order valence-electron chi connectivity index (χ2n) is 4.29. The summed E-state index contributed by atoms with van der Waals surface area (Å²) in [6, 6.07) is 6.85. The van der Waals surface area contributed by atoms with Gasteiger partial charge in [0.05, 0.1) is 12.5 Å². The van der Waals surface area contributed by atoms with Gasteiger partial charge >= 0.3 is 12.0 Å². The second kappa shape index (κ2) is 6.47. The average Bonchev–Trinajstić information content (AvgIpc) is 2.96. The number of hydrogen-bond acceptors (Lipinski definition) is 4. The lowest BCUT2D eigenvalue weighted by Crippen LogP contribution is -2.42. The maximum absolute atomic E-state index is 12.1. The Kier molecular flexibility index (Phi) is 4.45. The fraction of sp³-hybridized carbons (Fsp3) is 0.143. The number of carbonyl (C=O) groups excluding carboxylic acids is 1. The third-order valence-electron chi connectivity index (χ3n) is 2.72. The highest BCUT2D eigenvalue weighted by Gasteiger charge is 2.18. The molecule has 21 heavy (non-hydrogen) atoms. The van der Waals surface area contributed by atoms with Crippen molar-refractivity contribution in [3.05, 3.63) is 48.4 Å². The number of aliphatic carboxylic acids is 1. The Labute approximate surface area is 120 Å². The quantitative estimate of drug-likeness (QED) is 0.779. The first-order valence-corrected chi connectivity index (χ1v) is 6.13. The van der Waals surface area contributed by atoms with Crippen molar-refractivity contribution >= 4 is 17.7 Å². The number of urea groups is 1. The standard InChI is InChI=1S/C14H14N2O5/c17-12-3-1-11(2-4-12)16(8-13(18)19)14(20)15-7-10-5-6-21-9-10/h1-6,9,17H,7-8H2,(H,15,20)(H,18,19). The molecule has 0 spiro atoms. The van der Waals surface area contributed by atoms with Crippen LogP contribution in [0.1, 0.15) is 5.56 Å². The third kappa shape index (κ3) is 4.00. The minimum absolute atomic E-state index is 0.0350. The Morgan fingerprint density at radius 2 is 1.90 bits per heavy atom. The van der Waals surface area contributed by atoms with Gasteiger partial charge in [-0.3, -0.25) is 9.69 Å². The number of carbonyl (C=O) groups is 2. The topological polar surface area (TPSA) is 103 Å². The van der Waals surface area contributed by atoms with Gasteiger partial charge < -0.3 is 19.9 Å². The molecule has 1 aromatic heterocycles. The minimum Gasteiger partial charge on any atom is -0.508 e. The molecule has 1 heterocycles. The van der Waals surface area contributed by atoms with Crippen LogP contribution in [0.2, 0.25) is 0 Å². The first kappa shape index (κ1) is 14.4. The molecule has 7 heteroatoms. The predicted octanol–water partition coefficient (Wildman–Crippen LogP) is 1.79. The van der Waals surface area contributed by atoms with E-state index >= 15 is 0 Å². The number of benzene rings is 1. The SMILES string of the molecule is O=C(O)CN(C(=O)NCc1ccoc1)c1ccc(O)cc1. The fourth-order valence-electron chi connectivity index (χ4n) is 1.71. The smallest absolute Gasteiger partial charge is 0.323 e. The van der Waals surface area contributed by atoms with E-state index in [9.17, 15) is 14.7 Å². The summed E-state index contributed by atoms with van der Waals surface area (Å²) in [6.07, 6.45) is 2.97. The van der Waals surface area contributed by atoms with Crippen molar-refractivity contribution in [1.82, 2.24) is 5.32 Å². The number of nitrogens with zero attached hydrogens (tertiary/aromatic N) is 1. The summed E-state index contributed by atoms with van der Waals surface area (Å²) < 4.78 is 4.88. The van der Waals surface area contributed by atoms with Gasteiger partial charge in [-0.15, -0.1) is 0 Å². The molecule has 1 aromatic carbocycles. The van der Waals surface area contributed by atoms with Crippen LogP contribution in [-0.2, 0) is 11.3 Å². The Hall–Kier alpha value is -2.96. The Morgan fingerprint density at radius 3 is 2.48 bits per heavy atom. The molecular formula is C14H14N2O5. The van der Waals surface area contributed by atoms with Crippen LogP contribution < -0.4 is 10.2 Å². The van der Waals surface area contributed by atoms with Gasteiger partial charge in [0.1, 0.15) is 12.3 Å². The van der Waals surface area contributed by atoms with Gasteiger partial charge in [0.2, 0.25) is 0 Å². The molecule has 0 bridgehead atoms. The van der Waals surface area contributed by atoms with Crippen molar-refractivity contribution in [2.75, 3.05) is 11.4 Å². The van der Waals surface area contributed by atoms with Crippen LogP contribution in [0.3, 0.4) is 0 Å². The lowest BCUT2D eigenvalue weighted by Gasteiger charge is -2.21. The number of carboxylic acid groups (broad SMARTS) is 1. The molecule has 0 saturated heterocycles. The van der Waals surface area contributed by atoms with Gasteiger partial charge in [0.25, 0.3) is 0 Å². The van der Waals surface area contributed by atoms with Crippen molar-refractivity contribution in [1.29, 1.82) is 0 Å². The largest absolute Gasteiger partial charge is 0.508 e. The Balaban J connectivity index is 2.09. The normalized spacial score (nSPS) is 10.1. The van der Waals surface area contributed by atoms with E-state index in [-0.39, 0.29) is 12.3 Å². The molecule has 2 rings (SSSR count). The molecule has 0 saturated carbocycles. The number of phenols is 1. The van der Waals surface area contributed by atoms with Gasteiger partial charge in [0, 0.05) is 17.8 Å². The van der Waals surface area contributed by atoms with Gasteiger partial charge in [-0.25, -0.2) is 4.79 Å². The molecule has 3 N–H and O–H groups in total. The van der Waals surface area contributed by atoms with Crippen LogP contribution in [0.15, 0.2) is 47.3 Å². The lowest BCUT2D eigenvalue weighted by molar-refractivity contribution is -0.135. The number of aromatic hydroxyl groups is 1. The van der Waals surface area contributed by atoms with E-state index in [4.69, 9.17) is 9.52 Å². The number of nitrogens with one attached hydrogen (secondary N) is 1. The van der Waals surface area contributed by atoms with E-state index in [1.807, 2.05) is 0 Å². The summed E-state index contributed by atoms with van der Waals surface area (Å²) in [5.41, 5.74) is 1.14. The first-order chi connectivity index (χ1) is 10.1. The number of amides is 2. The lowest BCUT2D eigenvalue weighted by atomic mass is 10.2. The van der Waals surface area contributed by atoms with Crippen LogP contribution in [0.4, 0.5) is 10.5 Å². The van der Waals surface area contributed by atoms with Crippen LogP contribution in [0.5, 0.6) is 5.75 Å². The van der Waals surface area contributed by atoms with Crippen molar-refractivity contribution < 1.29 is 24.2 Å². The van der Waals surface area contributed by atoms with E-state index in [1.165, 1.54) is 36.8 Å².